The van der Waals surface area contributed by atoms with Gasteiger partial charge in [0.15, 0.2) is 16.6 Å². The lowest BCUT2D eigenvalue weighted by Crippen LogP contribution is -2.43. The second-order valence-electron chi connectivity index (χ2n) is 6.34. The number of hydrogen-bond acceptors (Lipinski definition) is 6. The molecule has 1 atom stereocenters. The van der Waals surface area contributed by atoms with Crippen LogP contribution in [0.3, 0.4) is 0 Å². The Morgan fingerprint density at radius 1 is 1.30 bits per heavy atom. The van der Waals surface area contributed by atoms with Crippen molar-refractivity contribution in [3.63, 3.8) is 0 Å². The molecule has 0 bridgehead atoms. The molecule has 2 amide bonds. The van der Waals surface area contributed by atoms with Crippen molar-refractivity contribution in [2.45, 2.75) is 25.3 Å². The van der Waals surface area contributed by atoms with Crippen LogP contribution in [0.2, 0.25) is 0 Å². The monoisotopic (exact) mass is 451 g/mol. The molecule has 3 heterocycles. The van der Waals surface area contributed by atoms with Crippen LogP contribution in [0.1, 0.15) is 18.4 Å². The van der Waals surface area contributed by atoms with Crippen LogP contribution in [0.25, 0.3) is 0 Å². The molecule has 1 fully saturated rings. The first-order chi connectivity index (χ1) is 13.1. The molecule has 2 aromatic rings. The van der Waals surface area contributed by atoms with Crippen molar-refractivity contribution in [1.29, 1.82) is 0 Å². The maximum absolute atomic E-state index is 12.9. The molecular formula is C18H18BrN3O4S. The van der Waals surface area contributed by atoms with Gasteiger partial charge in [0.2, 0.25) is 11.8 Å². The van der Waals surface area contributed by atoms with Gasteiger partial charge >= 0.3 is 0 Å². The maximum atomic E-state index is 12.9. The van der Waals surface area contributed by atoms with Gasteiger partial charge in [-0.2, -0.15) is 0 Å². The van der Waals surface area contributed by atoms with Gasteiger partial charge in [0.05, 0.1) is 6.42 Å². The summed E-state index contributed by atoms with van der Waals surface area (Å²) in [5.41, 5.74) is 0.815. The Kier molecular flexibility index (Phi) is 5.31. The average molecular weight is 452 g/mol. The topological polar surface area (TPSA) is 80.8 Å². The predicted octanol–water partition coefficient (Wildman–Crippen LogP) is 2.85. The Balaban J connectivity index is 1.46. The highest BCUT2D eigenvalue weighted by molar-refractivity contribution is 9.10. The molecule has 1 aromatic heterocycles. The molecule has 0 radical (unpaired) electrons. The minimum atomic E-state index is -0.461. The number of anilines is 1. The average Bonchev–Trinajstić information content (AvgIpc) is 3.33. The number of carbonyl (C=O) groups excluding carboxylic acids is 2. The number of hydrogen-bond donors (Lipinski definition) is 1. The molecule has 1 aromatic carbocycles. The Bertz CT molecular complexity index is 859. The van der Waals surface area contributed by atoms with E-state index in [0.29, 0.717) is 42.8 Å². The standard InChI is InChI=1S/C18H18BrN3O4S/c19-12-10-15-14(25-5-6-26-15)8-11(12)9-16(23)22-4-1-2-13(22)17(24)21-18-20-3-7-27-18/h3,7-8,10,13H,1-2,4-6,9H2,(H,20,21,24). The van der Waals surface area contributed by atoms with Crippen LogP contribution in [0.15, 0.2) is 28.2 Å². The van der Waals surface area contributed by atoms with Gasteiger partial charge in [-0.3, -0.25) is 9.59 Å². The summed E-state index contributed by atoms with van der Waals surface area (Å²) in [5, 5.41) is 5.14. The summed E-state index contributed by atoms with van der Waals surface area (Å²) >= 11 is 4.86. The molecular weight excluding hydrogens is 434 g/mol. The zero-order chi connectivity index (χ0) is 18.8. The van der Waals surface area contributed by atoms with Gasteiger partial charge in [-0.25, -0.2) is 4.98 Å². The number of nitrogens with one attached hydrogen (secondary N) is 1. The number of aromatic nitrogens is 1. The molecule has 0 saturated carbocycles. The van der Waals surface area contributed by atoms with Crippen molar-refractivity contribution < 1.29 is 19.1 Å². The normalized spacial score (nSPS) is 18.4. The largest absolute Gasteiger partial charge is 0.486 e. The van der Waals surface area contributed by atoms with Gasteiger partial charge in [0.25, 0.3) is 0 Å². The van der Waals surface area contributed by atoms with Crippen LogP contribution < -0.4 is 14.8 Å². The van der Waals surface area contributed by atoms with Gasteiger partial charge in [-0.15, -0.1) is 11.3 Å². The zero-order valence-electron chi connectivity index (χ0n) is 14.4. The van der Waals surface area contributed by atoms with E-state index in [2.05, 4.69) is 26.2 Å². The van der Waals surface area contributed by atoms with E-state index in [1.54, 1.807) is 16.5 Å². The number of amides is 2. The molecule has 142 valence electrons. The molecule has 7 nitrogen and oxygen atoms in total. The fourth-order valence-corrected chi connectivity index (χ4v) is 4.31. The van der Waals surface area contributed by atoms with Crippen LogP contribution in [-0.4, -0.2) is 47.5 Å². The van der Waals surface area contributed by atoms with Crippen molar-refractivity contribution in [2.75, 3.05) is 25.1 Å². The number of fused-ring (bicyclic) bond motifs is 1. The molecule has 1 N–H and O–H groups in total. The lowest BCUT2D eigenvalue weighted by Gasteiger charge is -2.24. The number of thiazole rings is 1. The summed E-state index contributed by atoms with van der Waals surface area (Å²) < 4.78 is 12.0. The Morgan fingerprint density at radius 2 is 2.07 bits per heavy atom. The number of ether oxygens (including phenoxy) is 2. The Morgan fingerprint density at radius 3 is 2.81 bits per heavy atom. The highest BCUT2D eigenvalue weighted by atomic mass is 79.9. The van der Waals surface area contributed by atoms with E-state index in [0.717, 1.165) is 16.5 Å². The van der Waals surface area contributed by atoms with Gasteiger partial charge in [0, 0.05) is 22.6 Å². The van der Waals surface area contributed by atoms with Crippen molar-refractivity contribution in [1.82, 2.24) is 9.88 Å². The third-order valence-electron chi connectivity index (χ3n) is 4.59. The second-order valence-corrected chi connectivity index (χ2v) is 8.08. The van der Waals surface area contributed by atoms with Crippen LogP contribution in [0.4, 0.5) is 5.13 Å². The molecule has 0 spiro atoms. The first-order valence-corrected chi connectivity index (χ1v) is 10.4. The summed E-state index contributed by atoms with van der Waals surface area (Å²) in [5.74, 6) is 1.05. The highest BCUT2D eigenvalue weighted by Crippen LogP contribution is 2.36. The fraction of sp³-hybridized carbons (Fsp3) is 0.389. The van der Waals surface area contributed by atoms with Crippen LogP contribution >= 0.6 is 27.3 Å². The summed E-state index contributed by atoms with van der Waals surface area (Å²) in [7, 11) is 0. The van der Waals surface area contributed by atoms with Crippen molar-refractivity contribution in [3.8, 4) is 11.5 Å². The predicted molar refractivity (Wildman–Crippen MR) is 104 cm³/mol. The van der Waals surface area contributed by atoms with Crippen LogP contribution in [0, 0.1) is 0 Å². The number of benzene rings is 1. The lowest BCUT2D eigenvalue weighted by atomic mass is 10.1. The number of nitrogens with zero attached hydrogens (tertiary/aromatic N) is 2. The van der Waals surface area contributed by atoms with E-state index >= 15 is 0 Å². The molecule has 27 heavy (non-hydrogen) atoms. The van der Waals surface area contributed by atoms with E-state index in [4.69, 9.17) is 9.47 Å². The summed E-state index contributed by atoms with van der Waals surface area (Å²) in [6.45, 7) is 1.59. The van der Waals surface area contributed by atoms with Crippen molar-refractivity contribution in [3.05, 3.63) is 33.7 Å². The first-order valence-electron chi connectivity index (χ1n) is 8.69. The molecule has 1 saturated heterocycles. The smallest absolute Gasteiger partial charge is 0.248 e. The van der Waals surface area contributed by atoms with Crippen LogP contribution in [-0.2, 0) is 16.0 Å². The molecule has 4 rings (SSSR count). The summed E-state index contributed by atoms with van der Waals surface area (Å²) in [4.78, 5) is 31.2. The summed E-state index contributed by atoms with van der Waals surface area (Å²) in [6.07, 6.45) is 3.30. The van der Waals surface area contributed by atoms with Crippen molar-refractivity contribution in [2.24, 2.45) is 0 Å². The minimum absolute atomic E-state index is 0.0795. The molecule has 9 heteroatoms. The Hall–Kier alpha value is -2.13. The van der Waals surface area contributed by atoms with Gasteiger partial charge in [0.1, 0.15) is 19.3 Å². The SMILES string of the molecule is O=C(Nc1nccs1)C1CCCN1C(=O)Cc1cc2c(cc1Br)OCCO2. The number of carbonyl (C=O) groups is 2. The highest BCUT2D eigenvalue weighted by Gasteiger charge is 2.34. The third-order valence-corrected chi connectivity index (χ3v) is 6.02. The summed E-state index contributed by atoms with van der Waals surface area (Å²) in [6, 6.07) is 3.20. The number of rotatable bonds is 4. The number of halogens is 1. The molecule has 2 aliphatic heterocycles. The van der Waals surface area contributed by atoms with E-state index in [1.807, 2.05) is 12.1 Å². The zero-order valence-corrected chi connectivity index (χ0v) is 16.8. The van der Waals surface area contributed by atoms with E-state index < -0.39 is 6.04 Å². The third kappa shape index (κ3) is 3.93. The molecule has 0 aliphatic carbocycles. The minimum Gasteiger partial charge on any atom is -0.486 e. The van der Waals surface area contributed by atoms with Gasteiger partial charge in [-0.05, 0) is 30.5 Å². The quantitative estimate of drug-likeness (QED) is 0.772. The van der Waals surface area contributed by atoms with Crippen LogP contribution in [0.5, 0.6) is 11.5 Å². The molecule has 1 unspecified atom stereocenters. The van der Waals surface area contributed by atoms with E-state index in [1.165, 1.54) is 11.3 Å². The van der Waals surface area contributed by atoms with Gasteiger partial charge in [-0.1, -0.05) is 15.9 Å². The lowest BCUT2D eigenvalue weighted by molar-refractivity contribution is -0.136. The van der Waals surface area contributed by atoms with E-state index in [9.17, 15) is 9.59 Å². The first kappa shape index (κ1) is 18.2. The second kappa shape index (κ2) is 7.85. The van der Waals surface area contributed by atoms with Gasteiger partial charge < -0.3 is 19.7 Å². The van der Waals surface area contributed by atoms with Crippen molar-refractivity contribution >= 4 is 44.2 Å². The fourth-order valence-electron chi connectivity index (χ4n) is 3.32. The number of likely N-dealkylation sites (tertiary alicyclic amines) is 1. The maximum Gasteiger partial charge on any atom is 0.248 e. The Labute approximate surface area is 168 Å². The molecule has 2 aliphatic rings. The van der Waals surface area contributed by atoms with E-state index in [-0.39, 0.29) is 18.2 Å².